The van der Waals surface area contributed by atoms with E-state index in [1.807, 2.05) is 0 Å². The zero-order valence-electron chi connectivity index (χ0n) is 9.14. The van der Waals surface area contributed by atoms with Gasteiger partial charge < -0.3 is 15.6 Å². The SMILES string of the molecule is COc1cc(C(O)c2cn[nH]c2N)ccc1Cl. The van der Waals surface area contributed by atoms with E-state index >= 15 is 0 Å². The van der Waals surface area contributed by atoms with E-state index in [1.165, 1.54) is 13.3 Å². The maximum atomic E-state index is 10.1. The number of nitrogen functional groups attached to an aromatic ring is 1. The molecule has 0 aliphatic heterocycles. The van der Waals surface area contributed by atoms with Gasteiger partial charge in [0.15, 0.2) is 0 Å². The van der Waals surface area contributed by atoms with Crippen LogP contribution in [0.1, 0.15) is 17.2 Å². The number of nitrogens with one attached hydrogen (secondary N) is 1. The van der Waals surface area contributed by atoms with Crippen molar-refractivity contribution in [3.05, 3.63) is 40.5 Å². The molecule has 2 aromatic rings. The fourth-order valence-electron chi connectivity index (χ4n) is 1.55. The van der Waals surface area contributed by atoms with Crippen LogP contribution in [0, 0.1) is 0 Å². The number of methoxy groups -OCH3 is 1. The summed E-state index contributed by atoms with van der Waals surface area (Å²) in [4.78, 5) is 0. The molecule has 5 nitrogen and oxygen atoms in total. The Hall–Kier alpha value is -1.72. The van der Waals surface area contributed by atoms with Gasteiger partial charge in [-0.3, -0.25) is 5.10 Å². The highest BCUT2D eigenvalue weighted by Crippen LogP contribution is 2.31. The summed E-state index contributed by atoms with van der Waals surface area (Å²) in [6.45, 7) is 0. The molecule has 0 saturated carbocycles. The minimum absolute atomic E-state index is 0.339. The van der Waals surface area contributed by atoms with Gasteiger partial charge in [0, 0.05) is 5.56 Å². The molecule has 0 spiro atoms. The highest BCUT2D eigenvalue weighted by atomic mass is 35.5. The largest absolute Gasteiger partial charge is 0.495 e. The Balaban J connectivity index is 2.38. The van der Waals surface area contributed by atoms with E-state index in [4.69, 9.17) is 22.1 Å². The summed E-state index contributed by atoms with van der Waals surface area (Å²) in [6.07, 6.45) is 0.626. The second-order valence-electron chi connectivity index (χ2n) is 3.54. The molecule has 2 rings (SSSR count). The minimum atomic E-state index is -0.861. The number of rotatable bonds is 3. The number of hydrogen-bond acceptors (Lipinski definition) is 4. The highest BCUT2D eigenvalue weighted by molar-refractivity contribution is 6.32. The number of hydrogen-bond donors (Lipinski definition) is 3. The van der Waals surface area contributed by atoms with Gasteiger partial charge in [-0.2, -0.15) is 5.10 Å². The van der Waals surface area contributed by atoms with Gasteiger partial charge in [-0.15, -0.1) is 0 Å². The molecule has 1 atom stereocenters. The number of aliphatic hydroxyl groups is 1. The monoisotopic (exact) mass is 253 g/mol. The number of benzene rings is 1. The average molecular weight is 254 g/mol. The first kappa shape index (κ1) is 11.8. The van der Waals surface area contributed by atoms with E-state index in [2.05, 4.69) is 10.2 Å². The van der Waals surface area contributed by atoms with Gasteiger partial charge in [0.1, 0.15) is 17.7 Å². The minimum Gasteiger partial charge on any atom is -0.495 e. The zero-order chi connectivity index (χ0) is 12.4. The van der Waals surface area contributed by atoms with Gasteiger partial charge in [-0.1, -0.05) is 17.7 Å². The molecule has 4 N–H and O–H groups in total. The molecule has 0 aliphatic rings. The standard InChI is InChI=1S/C11H12ClN3O2/c1-17-9-4-6(2-3-8(9)12)10(16)7-5-14-15-11(7)13/h2-5,10,16H,1H3,(H3,13,14,15). The summed E-state index contributed by atoms with van der Waals surface area (Å²) in [6, 6.07) is 5.04. The van der Waals surface area contributed by atoms with Crippen LogP contribution in [-0.2, 0) is 0 Å². The lowest BCUT2D eigenvalue weighted by Gasteiger charge is -2.12. The number of aromatic nitrogens is 2. The third-order valence-corrected chi connectivity index (χ3v) is 2.80. The van der Waals surface area contributed by atoms with Crippen molar-refractivity contribution >= 4 is 17.4 Å². The molecule has 17 heavy (non-hydrogen) atoms. The summed E-state index contributed by atoms with van der Waals surface area (Å²) in [5.74, 6) is 0.844. The van der Waals surface area contributed by atoms with E-state index in [-0.39, 0.29) is 0 Å². The lowest BCUT2D eigenvalue weighted by atomic mass is 10.0. The van der Waals surface area contributed by atoms with Gasteiger partial charge in [0.2, 0.25) is 0 Å². The molecule has 1 aromatic carbocycles. The topological polar surface area (TPSA) is 84.2 Å². The van der Waals surface area contributed by atoms with Crippen LogP contribution in [0.3, 0.4) is 0 Å². The smallest absolute Gasteiger partial charge is 0.137 e. The quantitative estimate of drug-likeness (QED) is 0.778. The van der Waals surface area contributed by atoms with E-state index < -0.39 is 6.10 Å². The van der Waals surface area contributed by atoms with Crippen LogP contribution < -0.4 is 10.5 Å². The van der Waals surface area contributed by atoms with Crippen molar-refractivity contribution in [3.8, 4) is 5.75 Å². The zero-order valence-corrected chi connectivity index (χ0v) is 9.90. The summed E-state index contributed by atoms with van der Waals surface area (Å²) >= 11 is 5.91. The van der Waals surface area contributed by atoms with Crippen molar-refractivity contribution in [2.75, 3.05) is 12.8 Å². The molecular weight excluding hydrogens is 242 g/mol. The van der Waals surface area contributed by atoms with Crippen LogP contribution in [0.25, 0.3) is 0 Å². The fourth-order valence-corrected chi connectivity index (χ4v) is 1.74. The first-order valence-corrected chi connectivity index (χ1v) is 5.31. The molecule has 0 fully saturated rings. The van der Waals surface area contributed by atoms with Crippen molar-refractivity contribution in [1.29, 1.82) is 0 Å². The van der Waals surface area contributed by atoms with Crippen molar-refractivity contribution in [3.63, 3.8) is 0 Å². The second-order valence-corrected chi connectivity index (χ2v) is 3.94. The molecule has 6 heteroatoms. The average Bonchev–Trinajstić information content (AvgIpc) is 2.75. The number of H-pyrrole nitrogens is 1. The van der Waals surface area contributed by atoms with Crippen LogP contribution in [0.4, 0.5) is 5.82 Å². The number of ether oxygens (including phenoxy) is 1. The summed E-state index contributed by atoms with van der Waals surface area (Å²) in [5, 5.41) is 17.0. The van der Waals surface area contributed by atoms with Gasteiger partial charge in [-0.05, 0) is 17.7 Å². The van der Waals surface area contributed by atoms with E-state index in [0.29, 0.717) is 27.7 Å². The van der Waals surface area contributed by atoms with Crippen LogP contribution in [0.15, 0.2) is 24.4 Å². The number of nitrogens with two attached hydrogens (primary N) is 1. The molecule has 1 unspecified atom stereocenters. The van der Waals surface area contributed by atoms with Crippen LogP contribution in [0.2, 0.25) is 5.02 Å². The number of anilines is 1. The van der Waals surface area contributed by atoms with Crippen LogP contribution in [-0.4, -0.2) is 22.4 Å². The second kappa shape index (κ2) is 4.65. The fraction of sp³-hybridized carbons (Fsp3) is 0.182. The number of halogens is 1. The molecule has 0 amide bonds. The van der Waals surface area contributed by atoms with Gasteiger partial charge >= 0.3 is 0 Å². The molecule has 1 heterocycles. The molecule has 0 saturated heterocycles. The van der Waals surface area contributed by atoms with Crippen molar-refractivity contribution in [1.82, 2.24) is 10.2 Å². The van der Waals surface area contributed by atoms with E-state index in [1.54, 1.807) is 18.2 Å². The molecule has 0 bridgehead atoms. The molecular formula is C11H12ClN3O2. The first-order chi connectivity index (χ1) is 8.13. The van der Waals surface area contributed by atoms with Gasteiger partial charge in [-0.25, -0.2) is 0 Å². The molecule has 90 valence electrons. The Labute approximate surface area is 103 Å². The van der Waals surface area contributed by atoms with Crippen LogP contribution in [0.5, 0.6) is 5.75 Å². The molecule has 0 aliphatic carbocycles. The van der Waals surface area contributed by atoms with Gasteiger partial charge in [0.05, 0.1) is 18.3 Å². The van der Waals surface area contributed by atoms with E-state index in [9.17, 15) is 5.11 Å². The Morgan fingerprint density at radius 1 is 1.53 bits per heavy atom. The predicted octanol–water partition coefficient (Wildman–Crippen LogP) is 1.74. The predicted molar refractivity (Wildman–Crippen MR) is 65.1 cm³/mol. The Morgan fingerprint density at radius 3 is 2.88 bits per heavy atom. The van der Waals surface area contributed by atoms with Crippen LogP contribution >= 0.6 is 11.6 Å². The Kier molecular flexibility index (Phi) is 3.21. The van der Waals surface area contributed by atoms with Crippen molar-refractivity contribution in [2.45, 2.75) is 6.10 Å². The third kappa shape index (κ3) is 2.20. The maximum absolute atomic E-state index is 10.1. The summed E-state index contributed by atoms with van der Waals surface area (Å²) in [5.41, 5.74) is 6.80. The van der Waals surface area contributed by atoms with Gasteiger partial charge in [0.25, 0.3) is 0 Å². The van der Waals surface area contributed by atoms with Crippen molar-refractivity contribution in [2.24, 2.45) is 0 Å². The van der Waals surface area contributed by atoms with Crippen molar-refractivity contribution < 1.29 is 9.84 Å². The maximum Gasteiger partial charge on any atom is 0.137 e. The van der Waals surface area contributed by atoms with E-state index in [0.717, 1.165) is 0 Å². The third-order valence-electron chi connectivity index (χ3n) is 2.49. The molecule has 0 radical (unpaired) electrons. The summed E-state index contributed by atoms with van der Waals surface area (Å²) < 4.78 is 5.09. The normalized spacial score (nSPS) is 12.4. The summed E-state index contributed by atoms with van der Waals surface area (Å²) in [7, 11) is 1.52. The lowest BCUT2D eigenvalue weighted by molar-refractivity contribution is 0.220. The Bertz CT molecular complexity index is 527. The Morgan fingerprint density at radius 2 is 2.29 bits per heavy atom. The lowest BCUT2D eigenvalue weighted by Crippen LogP contribution is -2.02. The number of aliphatic hydroxyl groups excluding tert-OH is 1. The first-order valence-electron chi connectivity index (χ1n) is 4.93. The highest BCUT2D eigenvalue weighted by Gasteiger charge is 2.16. The number of nitrogens with zero attached hydrogens (tertiary/aromatic N) is 1. The molecule has 1 aromatic heterocycles. The number of aromatic amines is 1.